The van der Waals surface area contributed by atoms with E-state index in [0.29, 0.717) is 33.3 Å². The van der Waals surface area contributed by atoms with Crippen LogP contribution in [-0.4, -0.2) is 35.6 Å². The third-order valence-corrected chi connectivity index (χ3v) is 6.01. The molecule has 1 aliphatic heterocycles. The number of likely N-dealkylation sites (tertiary alicyclic amines) is 1. The molecule has 4 nitrogen and oxygen atoms in total. The monoisotopic (exact) mass is 489 g/mol. The molecule has 2 aromatic carbocycles. The molecule has 0 saturated carbocycles. The second-order valence-electron chi connectivity index (χ2n) is 7.23. The van der Waals surface area contributed by atoms with E-state index in [0.717, 1.165) is 0 Å². The van der Waals surface area contributed by atoms with Gasteiger partial charge < -0.3 is 10.2 Å². The number of halogens is 6. The highest BCUT2D eigenvalue weighted by molar-refractivity contribution is 6.33. The van der Waals surface area contributed by atoms with Gasteiger partial charge in [-0.3, -0.25) is 4.79 Å². The zero-order valence-electron chi connectivity index (χ0n) is 16.0. The van der Waals surface area contributed by atoms with Crippen molar-refractivity contribution in [2.75, 3.05) is 11.9 Å². The fraction of sp³-hybridized carbons (Fsp3) is 0.333. The number of benzene rings is 2. The summed E-state index contributed by atoms with van der Waals surface area (Å²) in [6.07, 6.45) is -5.46. The van der Waals surface area contributed by atoms with Crippen LogP contribution < -0.4 is 5.32 Å². The molecule has 1 amide bonds. The van der Waals surface area contributed by atoms with Gasteiger partial charge in [-0.25, -0.2) is 0 Å². The Balaban J connectivity index is 1.88. The fourth-order valence-electron chi connectivity index (χ4n) is 3.69. The van der Waals surface area contributed by atoms with Crippen molar-refractivity contribution in [3.63, 3.8) is 0 Å². The average molecular weight is 491 g/mol. The van der Waals surface area contributed by atoms with E-state index < -0.39 is 24.5 Å². The van der Waals surface area contributed by atoms with E-state index in [1.54, 1.807) is 36.4 Å². The Hall–Kier alpha value is -2.14. The molecule has 1 fully saturated rings. The normalized spacial score (nSPS) is 18.7. The lowest BCUT2D eigenvalue weighted by molar-refractivity contribution is -0.162. The molecule has 1 heterocycles. The number of amides is 1. The van der Waals surface area contributed by atoms with Crippen molar-refractivity contribution < 1.29 is 18.0 Å². The maximum atomic E-state index is 12.8. The topological polar surface area (TPSA) is 56.1 Å². The van der Waals surface area contributed by atoms with Crippen molar-refractivity contribution in [3.05, 3.63) is 62.6 Å². The van der Waals surface area contributed by atoms with Crippen LogP contribution in [-0.2, 0) is 11.2 Å². The van der Waals surface area contributed by atoms with Crippen LogP contribution in [0.1, 0.15) is 24.0 Å². The molecule has 0 radical (unpaired) electrons. The minimum Gasteiger partial charge on any atom is -0.380 e. The van der Waals surface area contributed by atoms with Gasteiger partial charge in [-0.05, 0) is 54.8 Å². The van der Waals surface area contributed by atoms with Gasteiger partial charge in [-0.1, -0.05) is 34.8 Å². The standard InChI is InChI=1S/C21H17Cl3F3N3O/c22-14-2-4-16(23)13(7-14)8-19-18(5-6-30(19)20(31)10-21(25,26)27)29-15-3-1-12(11-28)17(24)9-15/h1-4,7,9,18-19,29H,5-6,8,10H2/t18-,19?/m0/s1. The smallest absolute Gasteiger partial charge is 0.380 e. The first-order valence-electron chi connectivity index (χ1n) is 9.33. The molecule has 10 heteroatoms. The van der Waals surface area contributed by atoms with Crippen molar-refractivity contribution in [2.24, 2.45) is 0 Å². The Morgan fingerprint density at radius 1 is 1.16 bits per heavy atom. The van der Waals surface area contributed by atoms with Gasteiger partial charge in [0, 0.05) is 28.3 Å². The Kier molecular flexibility index (Phi) is 7.25. The van der Waals surface area contributed by atoms with Gasteiger partial charge in [0.25, 0.3) is 0 Å². The molecule has 3 rings (SSSR count). The Morgan fingerprint density at radius 3 is 2.55 bits per heavy atom. The molecule has 2 aromatic rings. The van der Waals surface area contributed by atoms with Crippen molar-refractivity contribution in [3.8, 4) is 6.07 Å². The van der Waals surface area contributed by atoms with Crippen LogP contribution in [0.15, 0.2) is 36.4 Å². The zero-order chi connectivity index (χ0) is 22.8. The minimum absolute atomic E-state index is 0.166. The average Bonchev–Trinajstić information content (AvgIpc) is 3.06. The Labute approximate surface area is 192 Å². The molecule has 0 aromatic heterocycles. The molecule has 164 valence electrons. The van der Waals surface area contributed by atoms with E-state index in [-0.39, 0.29) is 24.0 Å². The fourth-order valence-corrected chi connectivity index (χ4v) is 4.30. The molecule has 0 aliphatic carbocycles. The van der Waals surface area contributed by atoms with Gasteiger partial charge in [0.05, 0.1) is 16.6 Å². The van der Waals surface area contributed by atoms with Crippen LogP contribution in [0, 0.1) is 11.3 Å². The lowest BCUT2D eigenvalue weighted by Crippen LogP contribution is -2.44. The molecule has 31 heavy (non-hydrogen) atoms. The van der Waals surface area contributed by atoms with E-state index in [1.807, 2.05) is 6.07 Å². The number of nitriles is 1. The summed E-state index contributed by atoms with van der Waals surface area (Å²) in [5, 5.41) is 13.4. The van der Waals surface area contributed by atoms with E-state index in [4.69, 9.17) is 40.1 Å². The van der Waals surface area contributed by atoms with E-state index in [1.165, 1.54) is 4.90 Å². The first-order valence-corrected chi connectivity index (χ1v) is 10.5. The van der Waals surface area contributed by atoms with Crippen molar-refractivity contribution in [1.29, 1.82) is 5.26 Å². The van der Waals surface area contributed by atoms with Crippen LogP contribution in [0.25, 0.3) is 0 Å². The molecule has 0 bridgehead atoms. The lowest BCUT2D eigenvalue weighted by Gasteiger charge is -2.30. The molecule has 1 N–H and O–H groups in total. The highest BCUT2D eigenvalue weighted by Crippen LogP contribution is 2.32. The third-order valence-electron chi connectivity index (χ3n) is 5.10. The van der Waals surface area contributed by atoms with Crippen molar-refractivity contribution >= 4 is 46.4 Å². The maximum Gasteiger partial charge on any atom is 0.397 e. The summed E-state index contributed by atoms with van der Waals surface area (Å²) in [5.41, 5.74) is 1.54. The number of hydrogen-bond acceptors (Lipinski definition) is 3. The Morgan fingerprint density at radius 2 is 1.90 bits per heavy atom. The van der Waals surface area contributed by atoms with Crippen molar-refractivity contribution in [1.82, 2.24) is 4.90 Å². The zero-order valence-corrected chi connectivity index (χ0v) is 18.3. The van der Waals surface area contributed by atoms with Crippen molar-refractivity contribution in [2.45, 2.75) is 37.5 Å². The van der Waals surface area contributed by atoms with Gasteiger partial charge in [-0.2, -0.15) is 18.4 Å². The first-order chi connectivity index (χ1) is 14.6. The number of hydrogen-bond donors (Lipinski definition) is 1. The number of carbonyl (C=O) groups is 1. The summed E-state index contributed by atoms with van der Waals surface area (Å²) < 4.78 is 38.5. The molecule has 1 saturated heterocycles. The summed E-state index contributed by atoms with van der Waals surface area (Å²) in [6.45, 7) is 0.166. The molecular weight excluding hydrogens is 474 g/mol. The largest absolute Gasteiger partial charge is 0.397 e. The maximum absolute atomic E-state index is 12.8. The predicted octanol–water partition coefficient (Wildman–Crippen LogP) is 6.09. The second kappa shape index (κ2) is 9.56. The quantitative estimate of drug-likeness (QED) is 0.551. The van der Waals surface area contributed by atoms with Gasteiger partial charge in [0.15, 0.2) is 0 Å². The van der Waals surface area contributed by atoms with Crippen LogP contribution in [0.4, 0.5) is 18.9 Å². The van der Waals surface area contributed by atoms with E-state index >= 15 is 0 Å². The number of carbonyl (C=O) groups excluding carboxylic acids is 1. The highest BCUT2D eigenvalue weighted by Gasteiger charge is 2.41. The lowest BCUT2D eigenvalue weighted by atomic mass is 9.99. The van der Waals surface area contributed by atoms with Gasteiger partial charge in [-0.15, -0.1) is 0 Å². The summed E-state index contributed by atoms with van der Waals surface area (Å²) in [7, 11) is 0. The van der Waals surface area contributed by atoms with Crippen LogP contribution in [0.5, 0.6) is 0 Å². The number of anilines is 1. The summed E-state index contributed by atoms with van der Waals surface area (Å²) in [6, 6.07) is 10.7. The summed E-state index contributed by atoms with van der Waals surface area (Å²) >= 11 is 18.4. The SMILES string of the molecule is N#Cc1ccc(N[C@H]2CCN(C(=O)CC(F)(F)F)C2Cc2cc(Cl)ccc2Cl)cc1Cl. The minimum atomic E-state index is -4.60. The van der Waals surface area contributed by atoms with Gasteiger partial charge >= 0.3 is 6.18 Å². The third kappa shape index (κ3) is 5.97. The number of rotatable bonds is 5. The first kappa shape index (κ1) is 23.5. The molecule has 1 unspecified atom stereocenters. The number of nitrogens with one attached hydrogen (secondary N) is 1. The van der Waals surface area contributed by atoms with E-state index in [9.17, 15) is 18.0 Å². The Bertz CT molecular complexity index is 1020. The number of nitrogens with zero attached hydrogens (tertiary/aromatic N) is 2. The van der Waals surface area contributed by atoms with Crippen LogP contribution in [0.2, 0.25) is 15.1 Å². The molecular formula is C21H17Cl3F3N3O. The number of alkyl halides is 3. The second-order valence-corrected chi connectivity index (χ2v) is 8.48. The summed E-state index contributed by atoms with van der Waals surface area (Å²) in [4.78, 5) is 13.7. The van der Waals surface area contributed by atoms with Gasteiger partial charge in [0.2, 0.25) is 5.91 Å². The van der Waals surface area contributed by atoms with Crippen LogP contribution >= 0.6 is 34.8 Å². The van der Waals surface area contributed by atoms with Gasteiger partial charge in [0.1, 0.15) is 12.5 Å². The molecule has 1 aliphatic rings. The van der Waals surface area contributed by atoms with E-state index in [2.05, 4.69) is 5.32 Å². The summed E-state index contributed by atoms with van der Waals surface area (Å²) in [5.74, 6) is -0.988. The molecule has 0 spiro atoms. The highest BCUT2D eigenvalue weighted by atomic mass is 35.5. The van der Waals surface area contributed by atoms with Crippen LogP contribution in [0.3, 0.4) is 0 Å². The predicted molar refractivity (Wildman–Crippen MR) is 115 cm³/mol. The molecule has 2 atom stereocenters.